The maximum Gasteiger partial charge on any atom is 0.0794 e. The maximum atomic E-state index is 6.18. The number of nitrogens with one attached hydrogen (secondary N) is 1. The lowest BCUT2D eigenvalue weighted by Gasteiger charge is -2.20. The monoisotopic (exact) mass is 266 g/mol. The van der Waals surface area contributed by atoms with Gasteiger partial charge >= 0.3 is 0 Å². The Kier molecular flexibility index (Phi) is 4.15. The van der Waals surface area contributed by atoms with E-state index in [-0.39, 0.29) is 12.1 Å². The zero-order valence-corrected chi connectivity index (χ0v) is 11.4. The van der Waals surface area contributed by atoms with Crippen molar-refractivity contribution in [3.05, 3.63) is 51.4 Å². The standard InChI is InChI=1S/C13H15ClN2S/c1-9(11-5-3-4-6-12(11)14)16-10(2)13-7-15-8-17-13/h3-10,16H,1-2H3. The van der Waals surface area contributed by atoms with Crippen LogP contribution in [0, 0.1) is 0 Å². The maximum absolute atomic E-state index is 6.18. The van der Waals surface area contributed by atoms with Gasteiger partial charge in [-0.05, 0) is 25.5 Å². The zero-order valence-electron chi connectivity index (χ0n) is 9.85. The van der Waals surface area contributed by atoms with Crippen molar-refractivity contribution in [1.82, 2.24) is 10.3 Å². The summed E-state index contributed by atoms with van der Waals surface area (Å²) in [6.07, 6.45) is 1.90. The van der Waals surface area contributed by atoms with Crippen LogP contribution in [0.25, 0.3) is 0 Å². The van der Waals surface area contributed by atoms with Crippen LogP contribution in [0.1, 0.15) is 36.4 Å². The minimum atomic E-state index is 0.223. The molecule has 2 nitrogen and oxygen atoms in total. The lowest BCUT2D eigenvalue weighted by Crippen LogP contribution is -2.22. The predicted molar refractivity (Wildman–Crippen MR) is 73.5 cm³/mol. The lowest BCUT2D eigenvalue weighted by molar-refractivity contribution is 0.500. The molecule has 1 aromatic heterocycles. The SMILES string of the molecule is CC(NC(C)c1ccccc1Cl)c1cncs1. The van der Waals surface area contributed by atoms with Crippen molar-refractivity contribution in [2.24, 2.45) is 0 Å². The minimum Gasteiger partial charge on any atom is -0.303 e. The molecule has 1 heterocycles. The van der Waals surface area contributed by atoms with Gasteiger partial charge in [-0.25, -0.2) is 0 Å². The second kappa shape index (κ2) is 5.63. The Morgan fingerprint density at radius 3 is 2.65 bits per heavy atom. The summed E-state index contributed by atoms with van der Waals surface area (Å²) in [7, 11) is 0. The number of nitrogens with zero attached hydrogens (tertiary/aromatic N) is 1. The van der Waals surface area contributed by atoms with Gasteiger partial charge in [0.15, 0.2) is 0 Å². The Hall–Kier alpha value is -0.900. The molecule has 0 amide bonds. The Morgan fingerprint density at radius 1 is 1.24 bits per heavy atom. The molecular formula is C13H15ClN2S. The van der Waals surface area contributed by atoms with Crippen LogP contribution in [-0.2, 0) is 0 Å². The van der Waals surface area contributed by atoms with Gasteiger partial charge in [0.05, 0.1) is 5.51 Å². The molecule has 0 spiro atoms. The van der Waals surface area contributed by atoms with Crippen molar-refractivity contribution < 1.29 is 0 Å². The molecule has 0 aliphatic heterocycles. The summed E-state index contributed by atoms with van der Waals surface area (Å²) in [6.45, 7) is 4.26. The first kappa shape index (κ1) is 12.6. The van der Waals surface area contributed by atoms with Gasteiger partial charge in [0.25, 0.3) is 0 Å². The van der Waals surface area contributed by atoms with Crippen molar-refractivity contribution in [3.63, 3.8) is 0 Å². The molecule has 4 heteroatoms. The average molecular weight is 267 g/mol. The predicted octanol–water partition coefficient (Wildman–Crippen LogP) is 4.21. The summed E-state index contributed by atoms with van der Waals surface area (Å²) >= 11 is 7.84. The first-order chi connectivity index (χ1) is 8.18. The highest BCUT2D eigenvalue weighted by Gasteiger charge is 2.13. The first-order valence-corrected chi connectivity index (χ1v) is 6.83. The van der Waals surface area contributed by atoms with Crippen LogP contribution in [0.2, 0.25) is 5.02 Å². The summed E-state index contributed by atoms with van der Waals surface area (Å²) < 4.78 is 0. The van der Waals surface area contributed by atoms with E-state index in [1.165, 1.54) is 4.88 Å². The molecular weight excluding hydrogens is 252 g/mol. The molecule has 0 bridgehead atoms. The van der Waals surface area contributed by atoms with Crippen molar-refractivity contribution >= 4 is 22.9 Å². The van der Waals surface area contributed by atoms with Crippen molar-refractivity contribution in [2.75, 3.05) is 0 Å². The smallest absolute Gasteiger partial charge is 0.0794 e. The fourth-order valence-corrected chi connectivity index (χ4v) is 2.75. The lowest BCUT2D eigenvalue weighted by atomic mass is 10.1. The van der Waals surface area contributed by atoms with Crippen LogP contribution >= 0.6 is 22.9 Å². The topological polar surface area (TPSA) is 24.9 Å². The van der Waals surface area contributed by atoms with E-state index in [0.29, 0.717) is 0 Å². The third-order valence-corrected chi connectivity index (χ3v) is 4.05. The fraction of sp³-hybridized carbons (Fsp3) is 0.308. The van der Waals surface area contributed by atoms with Gasteiger partial charge in [0.2, 0.25) is 0 Å². The van der Waals surface area contributed by atoms with Crippen LogP contribution in [-0.4, -0.2) is 4.98 Å². The molecule has 0 aliphatic rings. The zero-order chi connectivity index (χ0) is 12.3. The van der Waals surface area contributed by atoms with Crippen LogP contribution in [0.3, 0.4) is 0 Å². The minimum absolute atomic E-state index is 0.223. The Labute approximate surface area is 111 Å². The number of halogens is 1. The molecule has 2 aromatic rings. The number of thiazole rings is 1. The Balaban J connectivity index is 2.07. The largest absolute Gasteiger partial charge is 0.303 e. The molecule has 1 N–H and O–H groups in total. The van der Waals surface area contributed by atoms with Gasteiger partial charge in [0.1, 0.15) is 0 Å². The van der Waals surface area contributed by atoms with Gasteiger partial charge in [0, 0.05) is 28.2 Å². The van der Waals surface area contributed by atoms with E-state index in [1.54, 1.807) is 11.3 Å². The van der Waals surface area contributed by atoms with Crippen molar-refractivity contribution in [3.8, 4) is 0 Å². The molecule has 0 radical (unpaired) electrons. The summed E-state index contributed by atoms with van der Waals surface area (Å²) in [4.78, 5) is 5.33. The molecule has 0 saturated carbocycles. The Bertz CT molecular complexity index is 470. The van der Waals surface area contributed by atoms with Crippen LogP contribution in [0.5, 0.6) is 0 Å². The van der Waals surface area contributed by atoms with Crippen molar-refractivity contribution in [1.29, 1.82) is 0 Å². The van der Waals surface area contributed by atoms with E-state index in [2.05, 4.69) is 30.2 Å². The van der Waals surface area contributed by atoms with Crippen molar-refractivity contribution in [2.45, 2.75) is 25.9 Å². The average Bonchev–Trinajstić information content (AvgIpc) is 2.82. The first-order valence-electron chi connectivity index (χ1n) is 5.57. The molecule has 2 rings (SSSR count). The van der Waals surface area contributed by atoms with E-state index in [4.69, 9.17) is 11.6 Å². The second-order valence-electron chi connectivity index (χ2n) is 4.04. The molecule has 90 valence electrons. The molecule has 2 atom stereocenters. The summed E-state index contributed by atoms with van der Waals surface area (Å²) in [5.74, 6) is 0. The third-order valence-electron chi connectivity index (χ3n) is 2.75. The van der Waals surface area contributed by atoms with Gasteiger partial charge in [-0.15, -0.1) is 11.3 Å². The number of rotatable bonds is 4. The molecule has 0 fully saturated rings. The van der Waals surface area contributed by atoms with Gasteiger partial charge in [-0.3, -0.25) is 4.98 Å². The number of hydrogen-bond donors (Lipinski definition) is 1. The van der Waals surface area contributed by atoms with Gasteiger partial charge in [-0.1, -0.05) is 29.8 Å². The third kappa shape index (κ3) is 3.06. The van der Waals surface area contributed by atoms with Crippen LogP contribution in [0.15, 0.2) is 36.0 Å². The fourth-order valence-electron chi connectivity index (χ4n) is 1.81. The second-order valence-corrected chi connectivity index (χ2v) is 5.36. The van der Waals surface area contributed by atoms with E-state index < -0.39 is 0 Å². The van der Waals surface area contributed by atoms with E-state index >= 15 is 0 Å². The van der Waals surface area contributed by atoms with E-state index in [0.717, 1.165) is 10.6 Å². The van der Waals surface area contributed by atoms with Crippen LogP contribution < -0.4 is 5.32 Å². The normalized spacial score (nSPS) is 14.5. The quantitative estimate of drug-likeness (QED) is 0.897. The highest BCUT2D eigenvalue weighted by atomic mass is 35.5. The highest BCUT2D eigenvalue weighted by Crippen LogP contribution is 2.25. The summed E-state index contributed by atoms with van der Waals surface area (Å²) in [5, 5.41) is 4.33. The summed E-state index contributed by atoms with van der Waals surface area (Å²) in [5.41, 5.74) is 2.98. The molecule has 17 heavy (non-hydrogen) atoms. The molecule has 2 unspecified atom stereocenters. The van der Waals surface area contributed by atoms with Gasteiger partial charge < -0.3 is 5.32 Å². The van der Waals surface area contributed by atoms with Gasteiger partial charge in [-0.2, -0.15) is 0 Å². The number of benzene rings is 1. The molecule has 1 aromatic carbocycles. The molecule has 0 saturated heterocycles. The number of hydrogen-bond acceptors (Lipinski definition) is 3. The highest BCUT2D eigenvalue weighted by molar-refractivity contribution is 7.09. The van der Waals surface area contributed by atoms with E-state index in [1.807, 2.05) is 29.9 Å². The van der Waals surface area contributed by atoms with Crippen LogP contribution in [0.4, 0.5) is 0 Å². The summed E-state index contributed by atoms with van der Waals surface area (Å²) in [6, 6.07) is 8.45. The van der Waals surface area contributed by atoms with E-state index in [9.17, 15) is 0 Å². The Morgan fingerprint density at radius 2 is 2.00 bits per heavy atom. The number of aromatic nitrogens is 1. The molecule has 0 aliphatic carbocycles.